The van der Waals surface area contributed by atoms with Crippen molar-refractivity contribution in [2.24, 2.45) is 0 Å². The van der Waals surface area contributed by atoms with Gasteiger partial charge in [-0.1, -0.05) is 6.92 Å². The molecule has 0 aromatic heterocycles. The van der Waals surface area contributed by atoms with Crippen molar-refractivity contribution < 1.29 is 14.7 Å². The lowest BCUT2D eigenvalue weighted by molar-refractivity contribution is -0.141. The highest BCUT2D eigenvalue weighted by molar-refractivity contribution is 5.79. The van der Waals surface area contributed by atoms with Gasteiger partial charge in [0.05, 0.1) is 13.0 Å². The summed E-state index contributed by atoms with van der Waals surface area (Å²) in [7, 11) is 0. The molecular weight excluding hydrogens is 208 g/mol. The third-order valence-corrected chi connectivity index (χ3v) is 3.05. The average molecular weight is 228 g/mol. The molecule has 1 N–H and O–H groups in total. The normalized spacial score (nSPS) is 17.1. The zero-order valence-corrected chi connectivity index (χ0v) is 9.98. The minimum absolute atomic E-state index is 0.0844. The first-order valence-corrected chi connectivity index (χ1v) is 5.78. The molecular formula is C11H20N2O3. The number of carboxylic acid groups (broad SMARTS) is 1. The Labute approximate surface area is 96.0 Å². The molecule has 1 aliphatic heterocycles. The van der Waals surface area contributed by atoms with E-state index < -0.39 is 5.97 Å². The van der Waals surface area contributed by atoms with E-state index in [1.165, 1.54) is 0 Å². The van der Waals surface area contributed by atoms with Gasteiger partial charge in [0, 0.05) is 19.1 Å². The van der Waals surface area contributed by atoms with E-state index in [1.807, 2.05) is 23.6 Å². The third kappa shape index (κ3) is 3.48. The first kappa shape index (κ1) is 13.0. The molecule has 1 atom stereocenters. The molecule has 0 radical (unpaired) electrons. The van der Waals surface area contributed by atoms with Gasteiger partial charge < -0.3 is 10.0 Å². The van der Waals surface area contributed by atoms with Crippen molar-refractivity contribution in [1.29, 1.82) is 0 Å². The zero-order chi connectivity index (χ0) is 12.1. The second-order valence-corrected chi connectivity index (χ2v) is 4.24. The van der Waals surface area contributed by atoms with Crippen LogP contribution in [-0.4, -0.2) is 59.0 Å². The SMILES string of the molecule is CCN(CC(=O)N1CCC1)C(C)CC(=O)O. The molecule has 0 bridgehead atoms. The molecule has 5 heteroatoms. The molecule has 1 fully saturated rings. The smallest absolute Gasteiger partial charge is 0.304 e. The summed E-state index contributed by atoms with van der Waals surface area (Å²) in [5, 5.41) is 8.71. The second kappa shape index (κ2) is 5.84. The van der Waals surface area contributed by atoms with E-state index in [0.29, 0.717) is 13.1 Å². The first-order chi connectivity index (χ1) is 7.54. The van der Waals surface area contributed by atoms with Crippen molar-refractivity contribution in [3.8, 4) is 0 Å². The van der Waals surface area contributed by atoms with Crippen molar-refractivity contribution in [2.75, 3.05) is 26.2 Å². The first-order valence-electron chi connectivity index (χ1n) is 5.78. The highest BCUT2D eigenvalue weighted by Crippen LogP contribution is 2.09. The van der Waals surface area contributed by atoms with Crippen LogP contribution in [0, 0.1) is 0 Å². The van der Waals surface area contributed by atoms with Crippen LogP contribution >= 0.6 is 0 Å². The van der Waals surface area contributed by atoms with Crippen LogP contribution in [0.25, 0.3) is 0 Å². The Hall–Kier alpha value is -1.10. The minimum atomic E-state index is -0.817. The third-order valence-electron chi connectivity index (χ3n) is 3.05. The number of rotatable bonds is 6. The molecule has 5 nitrogen and oxygen atoms in total. The Morgan fingerprint density at radius 2 is 2.06 bits per heavy atom. The fourth-order valence-corrected chi connectivity index (χ4v) is 1.80. The van der Waals surface area contributed by atoms with Crippen LogP contribution in [0.2, 0.25) is 0 Å². The molecule has 1 rings (SSSR count). The lowest BCUT2D eigenvalue weighted by atomic mass is 10.2. The Bertz CT molecular complexity index is 264. The van der Waals surface area contributed by atoms with E-state index in [2.05, 4.69) is 0 Å². The highest BCUT2D eigenvalue weighted by Gasteiger charge is 2.24. The van der Waals surface area contributed by atoms with Crippen LogP contribution < -0.4 is 0 Å². The number of hydrogen-bond donors (Lipinski definition) is 1. The monoisotopic (exact) mass is 228 g/mol. The highest BCUT2D eigenvalue weighted by atomic mass is 16.4. The maximum atomic E-state index is 11.7. The van der Waals surface area contributed by atoms with E-state index in [9.17, 15) is 9.59 Å². The molecule has 0 aromatic carbocycles. The summed E-state index contributed by atoms with van der Waals surface area (Å²) >= 11 is 0. The number of carbonyl (C=O) groups is 2. The van der Waals surface area contributed by atoms with Crippen molar-refractivity contribution >= 4 is 11.9 Å². The van der Waals surface area contributed by atoms with Crippen LogP contribution in [0.15, 0.2) is 0 Å². The summed E-state index contributed by atoms with van der Waals surface area (Å²) in [6, 6.07) is -0.0901. The largest absolute Gasteiger partial charge is 0.481 e. The summed E-state index contributed by atoms with van der Waals surface area (Å²) in [6.07, 6.45) is 1.17. The van der Waals surface area contributed by atoms with E-state index in [0.717, 1.165) is 19.5 Å². The van der Waals surface area contributed by atoms with Gasteiger partial charge in [-0.3, -0.25) is 14.5 Å². The number of amides is 1. The van der Waals surface area contributed by atoms with E-state index in [-0.39, 0.29) is 18.4 Å². The Balaban J connectivity index is 2.40. The van der Waals surface area contributed by atoms with E-state index in [1.54, 1.807) is 0 Å². The molecule has 1 aliphatic rings. The summed E-state index contributed by atoms with van der Waals surface area (Å²) in [6.45, 7) is 6.54. The van der Waals surface area contributed by atoms with Gasteiger partial charge in [-0.2, -0.15) is 0 Å². The molecule has 1 unspecified atom stereocenters. The minimum Gasteiger partial charge on any atom is -0.481 e. The molecule has 1 heterocycles. The number of hydrogen-bond acceptors (Lipinski definition) is 3. The van der Waals surface area contributed by atoms with Crippen molar-refractivity contribution in [3.05, 3.63) is 0 Å². The van der Waals surface area contributed by atoms with Gasteiger partial charge in [0.2, 0.25) is 5.91 Å². The summed E-state index contributed by atoms with van der Waals surface area (Å²) in [5.41, 5.74) is 0. The second-order valence-electron chi connectivity index (χ2n) is 4.24. The fourth-order valence-electron chi connectivity index (χ4n) is 1.80. The van der Waals surface area contributed by atoms with E-state index >= 15 is 0 Å². The standard InChI is InChI=1S/C11H20N2O3/c1-3-12(9(2)7-11(15)16)8-10(14)13-5-4-6-13/h9H,3-8H2,1-2H3,(H,15,16). The van der Waals surface area contributed by atoms with Crippen LogP contribution in [0.5, 0.6) is 0 Å². The van der Waals surface area contributed by atoms with Crippen LogP contribution in [0.3, 0.4) is 0 Å². The lowest BCUT2D eigenvalue weighted by Gasteiger charge is -2.34. The molecule has 16 heavy (non-hydrogen) atoms. The number of likely N-dealkylation sites (tertiary alicyclic amines) is 1. The van der Waals surface area contributed by atoms with Gasteiger partial charge in [-0.15, -0.1) is 0 Å². The molecule has 0 saturated carbocycles. The zero-order valence-electron chi connectivity index (χ0n) is 9.98. The number of aliphatic carboxylic acids is 1. The van der Waals surface area contributed by atoms with Gasteiger partial charge >= 0.3 is 5.97 Å². The molecule has 1 saturated heterocycles. The maximum absolute atomic E-state index is 11.7. The predicted molar refractivity (Wildman–Crippen MR) is 60.2 cm³/mol. The number of likely N-dealkylation sites (N-methyl/N-ethyl adjacent to an activating group) is 1. The van der Waals surface area contributed by atoms with Crippen LogP contribution in [0.1, 0.15) is 26.7 Å². The predicted octanol–water partition coefficient (Wildman–Crippen LogP) is 0.404. The Morgan fingerprint density at radius 1 is 1.44 bits per heavy atom. The maximum Gasteiger partial charge on any atom is 0.304 e. The molecule has 1 amide bonds. The molecule has 0 aromatic rings. The number of carbonyl (C=O) groups excluding carboxylic acids is 1. The van der Waals surface area contributed by atoms with Gasteiger partial charge in [0.1, 0.15) is 0 Å². The van der Waals surface area contributed by atoms with Gasteiger partial charge in [0.15, 0.2) is 0 Å². The lowest BCUT2D eigenvalue weighted by Crippen LogP contribution is -2.49. The van der Waals surface area contributed by atoms with Crippen molar-refractivity contribution in [1.82, 2.24) is 9.80 Å². The number of carboxylic acids is 1. The fraction of sp³-hybridized carbons (Fsp3) is 0.818. The van der Waals surface area contributed by atoms with Gasteiger partial charge in [0.25, 0.3) is 0 Å². The number of nitrogens with zero attached hydrogens (tertiary/aromatic N) is 2. The molecule has 0 aliphatic carbocycles. The summed E-state index contributed by atoms with van der Waals surface area (Å²) < 4.78 is 0. The summed E-state index contributed by atoms with van der Waals surface area (Å²) in [5.74, 6) is -0.701. The Kier molecular flexibility index (Phi) is 4.73. The Morgan fingerprint density at radius 3 is 2.44 bits per heavy atom. The van der Waals surface area contributed by atoms with E-state index in [4.69, 9.17) is 5.11 Å². The van der Waals surface area contributed by atoms with Crippen LogP contribution in [0.4, 0.5) is 0 Å². The average Bonchev–Trinajstić information content (AvgIpc) is 2.09. The van der Waals surface area contributed by atoms with Crippen molar-refractivity contribution in [3.63, 3.8) is 0 Å². The topological polar surface area (TPSA) is 60.9 Å². The molecule has 0 spiro atoms. The quantitative estimate of drug-likeness (QED) is 0.715. The van der Waals surface area contributed by atoms with Crippen LogP contribution in [-0.2, 0) is 9.59 Å². The summed E-state index contributed by atoms with van der Waals surface area (Å²) in [4.78, 5) is 26.0. The molecule has 92 valence electrons. The van der Waals surface area contributed by atoms with Gasteiger partial charge in [-0.25, -0.2) is 0 Å². The van der Waals surface area contributed by atoms with Crippen molar-refractivity contribution in [2.45, 2.75) is 32.7 Å². The van der Waals surface area contributed by atoms with Gasteiger partial charge in [-0.05, 0) is 19.9 Å².